The van der Waals surface area contributed by atoms with Crippen LogP contribution in [0.5, 0.6) is 0 Å². The van der Waals surface area contributed by atoms with Gasteiger partial charge in [-0.2, -0.15) is 0 Å². The highest BCUT2D eigenvalue weighted by Crippen LogP contribution is 2.25. The van der Waals surface area contributed by atoms with E-state index >= 15 is 0 Å². The number of methoxy groups -OCH3 is 1. The van der Waals surface area contributed by atoms with Crippen LogP contribution in [-0.4, -0.2) is 54.6 Å². The molecule has 1 heterocycles. The summed E-state index contributed by atoms with van der Waals surface area (Å²) in [7, 11) is 1.38. The van der Waals surface area contributed by atoms with E-state index in [0.717, 1.165) is 44.5 Å². The topological polar surface area (TPSA) is 66.8 Å². The van der Waals surface area contributed by atoms with Gasteiger partial charge in [-0.3, -0.25) is 9.59 Å². The zero-order valence-corrected chi connectivity index (χ0v) is 15.5. The van der Waals surface area contributed by atoms with Crippen molar-refractivity contribution in [2.45, 2.75) is 51.0 Å². The van der Waals surface area contributed by atoms with Gasteiger partial charge in [0.2, 0.25) is 0 Å². The molecule has 0 atom stereocenters. The van der Waals surface area contributed by atoms with Gasteiger partial charge in [0.25, 0.3) is 0 Å². The van der Waals surface area contributed by atoms with Gasteiger partial charge in [0.1, 0.15) is 0 Å². The Morgan fingerprint density at radius 2 is 1.80 bits per heavy atom. The summed E-state index contributed by atoms with van der Waals surface area (Å²) in [5.41, 5.74) is 0.788. The van der Waals surface area contributed by atoms with E-state index in [2.05, 4.69) is 4.90 Å². The number of aliphatic hydroxyl groups is 1. The van der Waals surface area contributed by atoms with E-state index in [1.165, 1.54) is 7.11 Å². The average Bonchev–Trinajstić information content (AvgIpc) is 2.62. The molecule has 0 saturated carbocycles. The third-order valence-corrected chi connectivity index (χ3v) is 5.06. The number of esters is 1. The summed E-state index contributed by atoms with van der Waals surface area (Å²) >= 11 is 0. The highest BCUT2D eigenvalue weighted by Gasteiger charge is 2.30. The fraction of sp³-hybridized carbons (Fsp3) is 0.600. The van der Waals surface area contributed by atoms with Gasteiger partial charge >= 0.3 is 5.97 Å². The Balaban J connectivity index is 1.85. The maximum atomic E-state index is 12.3. The first kappa shape index (κ1) is 19.6. The normalized spacial score (nSPS) is 16.6. The maximum absolute atomic E-state index is 12.3. The summed E-state index contributed by atoms with van der Waals surface area (Å²) in [5, 5.41) is 9.51. The molecule has 1 aliphatic heterocycles. The zero-order chi connectivity index (χ0) is 18.4. The van der Waals surface area contributed by atoms with Crippen LogP contribution in [0.2, 0.25) is 0 Å². The van der Waals surface area contributed by atoms with Crippen LogP contribution in [0.15, 0.2) is 24.3 Å². The summed E-state index contributed by atoms with van der Waals surface area (Å²) in [4.78, 5) is 26.5. The minimum absolute atomic E-state index is 0.125. The predicted octanol–water partition coefficient (Wildman–Crippen LogP) is 2.56. The molecule has 138 valence electrons. The first-order valence-corrected chi connectivity index (χ1v) is 8.97. The minimum atomic E-state index is -0.727. The van der Waals surface area contributed by atoms with Crippen molar-refractivity contribution in [3.8, 4) is 0 Å². The lowest BCUT2D eigenvalue weighted by molar-refractivity contribution is -0.146. The second-order valence-electron chi connectivity index (χ2n) is 7.29. The number of likely N-dealkylation sites (tertiary alicyclic amines) is 1. The first-order chi connectivity index (χ1) is 11.8. The largest absolute Gasteiger partial charge is 0.468 e. The van der Waals surface area contributed by atoms with Gasteiger partial charge in [0, 0.05) is 25.1 Å². The molecule has 0 radical (unpaired) electrons. The number of ketones is 1. The smallest absolute Gasteiger partial charge is 0.315 e. The summed E-state index contributed by atoms with van der Waals surface area (Å²) < 4.78 is 4.84. The van der Waals surface area contributed by atoms with E-state index in [9.17, 15) is 14.7 Å². The molecule has 25 heavy (non-hydrogen) atoms. The van der Waals surface area contributed by atoms with Crippen molar-refractivity contribution < 1.29 is 19.4 Å². The predicted molar refractivity (Wildman–Crippen MR) is 96.7 cm³/mol. The monoisotopic (exact) mass is 347 g/mol. The average molecular weight is 347 g/mol. The molecule has 1 aliphatic rings. The zero-order valence-electron chi connectivity index (χ0n) is 15.5. The van der Waals surface area contributed by atoms with Crippen LogP contribution >= 0.6 is 0 Å². The third-order valence-electron chi connectivity index (χ3n) is 5.06. The Morgan fingerprint density at radius 3 is 2.36 bits per heavy atom. The van der Waals surface area contributed by atoms with Crippen molar-refractivity contribution in [1.82, 2.24) is 4.90 Å². The van der Waals surface area contributed by atoms with Crippen LogP contribution < -0.4 is 0 Å². The summed E-state index contributed by atoms with van der Waals surface area (Å²) in [6.07, 6.45) is 2.82. The summed E-state index contributed by atoms with van der Waals surface area (Å²) in [6.45, 7) is 6.34. The van der Waals surface area contributed by atoms with E-state index in [-0.39, 0.29) is 17.9 Å². The van der Waals surface area contributed by atoms with Crippen molar-refractivity contribution in [3.63, 3.8) is 0 Å². The molecular formula is C20H29NO4. The highest BCUT2D eigenvalue weighted by molar-refractivity contribution is 5.96. The first-order valence-electron chi connectivity index (χ1n) is 8.97. The van der Waals surface area contributed by atoms with Crippen LogP contribution in [0.1, 0.15) is 55.5 Å². The molecule has 1 fully saturated rings. The van der Waals surface area contributed by atoms with Crippen LogP contribution in [0.25, 0.3) is 0 Å². The Hall–Kier alpha value is -1.72. The van der Waals surface area contributed by atoms with Crippen molar-refractivity contribution in [1.29, 1.82) is 0 Å². The lowest BCUT2D eigenvalue weighted by atomic mass is 9.84. The molecule has 1 aromatic carbocycles. The number of hydrogen-bond donors (Lipinski definition) is 1. The lowest BCUT2D eigenvalue weighted by Crippen LogP contribution is -2.36. The second kappa shape index (κ2) is 8.59. The van der Waals surface area contributed by atoms with Gasteiger partial charge in [-0.1, -0.05) is 24.3 Å². The Bertz CT molecular complexity index is 586. The maximum Gasteiger partial charge on any atom is 0.315 e. The van der Waals surface area contributed by atoms with E-state index in [0.29, 0.717) is 12.0 Å². The Kier molecular flexibility index (Phi) is 6.73. The summed E-state index contributed by atoms with van der Waals surface area (Å²) in [6, 6.07) is 7.24. The van der Waals surface area contributed by atoms with Crippen molar-refractivity contribution >= 4 is 11.8 Å². The van der Waals surface area contributed by atoms with Gasteiger partial charge in [-0.05, 0) is 45.2 Å². The number of piperidine rings is 1. The molecular weight excluding hydrogens is 318 g/mol. The molecule has 5 heteroatoms. The fourth-order valence-electron chi connectivity index (χ4n) is 3.20. The van der Waals surface area contributed by atoms with Gasteiger partial charge < -0.3 is 14.7 Å². The van der Waals surface area contributed by atoms with E-state index < -0.39 is 5.41 Å². The molecule has 1 saturated heterocycles. The van der Waals surface area contributed by atoms with Gasteiger partial charge in [0.05, 0.1) is 18.6 Å². The number of benzene rings is 1. The minimum Gasteiger partial charge on any atom is -0.468 e. The highest BCUT2D eigenvalue weighted by atomic mass is 16.5. The molecule has 1 N–H and O–H groups in total. The molecule has 0 unspecified atom stereocenters. The molecule has 0 aromatic heterocycles. The number of carbonyl (C=O) groups is 2. The quantitative estimate of drug-likeness (QED) is 0.606. The van der Waals surface area contributed by atoms with Crippen LogP contribution in [0.3, 0.4) is 0 Å². The number of aliphatic hydroxyl groups excluding tert-OH is 1. The lowest BCUT2D eigenvalue weighted by Gasteiger charge is -2.29. The SMILES string of the molecule is COC(=O)C(C)(C)c1ccc(C(=O)CCCN2CCC(O)CC2)cc1. The Labute approximate surface area is 150 Å². The van der Waals surface area contributed by atoms with E-state index in [1.54, 1.807) is 12.1 Å². The van der Waals surface area contributed by atoms with Gasteiger partial charge in [0.15, 0.2) is 5.78 Å². The number of ether oxygens (including phenoxy) is 1. The Morgan fingerprint density at radius 1 is 1.20 bits per heavy atom. The fourth-order valence-corrected chi connectivity index (χ4v) is 3.20. The summed E-state index contributed by atoms with van der Waals surface area (Å²) in [5.74, 6) is -0.169. The third kappa shape index (κ3) is 5.13. The molecule has 5 nitrogen and oxygen atoms in total. The van der Waals surface area contributed by atoms with Crippen LogP contribution in [0, 0.1) is 0 Å². The number of Topliss-reactive ketones (excluding diaryl/α,β-unsaturated/α-hetero) is 1. The van der Waals surface area contributed by atoms with Crippen molar-refractivity contribution in [3.05, 3.63) is 35.4 Å². The molecule has 0 spiro atoms. The van der Waals surface area contributed by atoms with Crippen molar-refractivity contribution in [2.75, 3.05) is 26.7 Å². The number of nitrogens with zero attached hydrogens (tertiary/aromatic N) is 1. The van der Waals surface area contributed by atoms with E-state index in [1.807, 2.05) is 26.0 Å². The molecule has 0 aliphatic carbocycles. The molecule has 1 aromatic rings. The molecule has 2 rings (SSSR count). The van der Waals surface area contributed by atoms with Gasteiger partial charge in [-0.25, -0.2) is 0 Å². The number of rotatable bonds is 7. The molecule has 0 bridgehead atoms. The van der Waals surface area contributed by atoms with Crippen LogP contribution in [0.4, 0.5) is 0 Å². The standard InChI is InChI=1S/C20H29NO4/c1-20(2,19(24)25-3)16-8-6-15(7-9-16)18(23)5-4-12-21-13-10-17(22)11-14-21/h6-9,17,22H,4-5,10-14H2,1-3H3. The van der Waals surface area contributed by atoms with Crippen LogP contribution in [-0.2, 0) is 14.9 Å². The van der Waals surface area contributed by atoms with E-state index in [4.69, 9.17) is 4.74 Å². The second-order valence-corrected chi connectivity index (χ2v) is 7.29. The van der Waals surface area contributed by atoms with Gasteiger partial charge in [-0.15, -0.1) is 0 Å². The van der Waals surface area contributed by atoms with Crippen molar-refractivity contribution in [2.24, 2.45) is 0 Å². The number of carbonyl (C=O) groups excluding carboxylic acids is 2. The number of hydrogen-bond acceptors (Lipinski definition) is 5. The molecule has 0 amide bonds.